The molecule has 1 aromatic heterocycles. The van der Waals surface area contributed by atoms with Gasteiger partial charge in [0.2, 0.25) is 5.88 Å². The minimum atomic E-state index is 0.120. The lowest BCUT2D eigenvalue weighted by molar-refractivity contribution is 0.234. The third-order valence-corrected chi connectivity index (χ3v) is 2.68. The average Bonchev–Trinajstić information content (AvgIpc) is 2.37. The first-order valence-electron chi connectivity index (χ1n) is 6.56. The summed E-state index contributed by atoms with van der Waals surface area (Å²) in [5.41, 5.74) is 3.45. The number of hydrogen-bond donors (Lipinski definition) is 1. The number of nitrogens with zero attached hydrogens (tertiary/aromatic N) is 1. The van der Waals surface area contributed by atoms with E-state index in [1.54, 1.807) is 6.20 Å². The van der Waals surface area contributed by atoms with Crippen molar-refractivity contribution in [3.05, 3.63) is 53.7 Å². The van der Waals surface area contributed by atoms with Crippen LogP contribution in [0, 0.1) is 6.92 Å². The molecule has 1 aromatic carbocycles. The van der Waals surface area contributed by atoms with Crippen LogP contribution in [-0.4, -0.2) is 11.1 Å². The summed E-state index contributed by atoms with van der Waals surface area (Å²) in [4.78, 5) is 4.26. The Morgan fingerprint density at radius 3 is 2.79 bits per heavy atom. The zero-order valence-electron chi connectivity index (χ0n) is 11.7. The highest BCUT2D eigenvalue weighted by Crippen LogP contribution is 2.22. The van der Waals surface area contributed by atoms with E-state index >= 15 is 0 Å². The van der Waals surface area contributed by atoms with Crippen LogP contribution in [-0.2, 0) is 6.54 Å². The van der Waals surface area contributed by atoms with Gasteiger partial charge in [-0.2, -0.15) is 0 Å². The van der Waals surface area contributed by atoms with Gasteiger partial charge in [0.15, 0.2) is 0 Å². The van der Waals surface area contributed by atoms with Crippen molar-refractivity contribution in [2.24, 2.45) is 0 Å². The van der Waals surface area contributed by atoms with E-state index in [1.807, 2.05) is 26.0 Å². The normalized spacial score (nSPS) is 10.5. The van der Waals surface area contributed by atoms with E-state index in [1.165, 1.54) is 11.1 Å². The molecule has 2 rings (SSSR count). The fraction of sp³-hybridized carbons (Fsp3) is 0.312. The molecule has 0 aliphatic heterocycles. The van der Waals surface area contributed by atoms with E-state index in [0.717, 1.165) is 12.2 Å². The second-order valence-electron chi connectivity index (χ2n) is 4.87. The highest BCUT2D eigenvalue weighted by Gasteiger charge is 2.06. The fourth-order valence-corrected chi connectivity index (χ4v) is 1.86. The van der Waals surface area contributed by atoms with Gasteiger partial charge in [-0.15, -0.1) is 0 Å². The van der Waals surface area contributed by atoms with Crippen LogP contribution in [0.25, 0.3) is 0 Å². The molecule has 0 bridgehead atoms. The van der Waals surface area contributed by atoms with Crippen molar-refractivity contribution >= 4 is 5.69 Å². The summed E-state index contributed by atoms with van der Waals surface area (Å²) in [6, 6.07) is 12.3. The van der Waals surface area contributed by atoms with Crippen molar-refractivity contribution < 1.29 is 4.74 Å². The zero-order valence-corrected chi connectivity index (χ0v) is 11.7. The number of aryl methyl sites for hydroxylation is 1. The molecule has 0 fully saturated rings. The third-order valence-electron chi connectivity index (χ3n) is 2.68. The standard InChI is InChI=1S/C16H20N2O/c1-12(2)19-16-15(8-5-9-17-16)18-11-14-7-4-6-13(3)10-14/h4-10,12,18H,11H2,1-3H3. The lowest BCUT2D eigenvalue weighted by Gasteiger charge is -2.14. The molecular formula is C16H20N2O. The molecule has 0 saturated carbocycles. The lowest BCUT2D eigenvalue weighted by Crippen LogP contribution is -2.10. The number of nitrogens with one attached hydrogen (secondary N) is 1. The molecule has 0 amide bonds. The van der Waals surface area contributed by atoms with Gasteiger partial charge in [0.1, 0.15) is 0 Å². The van der Waals surface area contributed by atoms with E-state index in [2.05, 4.69) is 41.5 Å². The second kappa shape index (κ2) is 6.23. The summed E-state index contributed by atoms with van der Waals surface area (Å²) in [7, 11) is 0. The Kier molecular flexibility index (Phi) is 4.39. The maximum absolute atomic E-state index is 5.68. The molecule has 0 atom stereocenters. The van der Waals surface area contributed by atoms with E-state index in [4.69, 9.17) is 4.74 Å². The van der Waals surface area contributed by atoms with Crippen molar-refractivity contribution in [3.63, 3.8) is 0 Å². The summed E-state index contributed by atoms with van der Waals surface area (Å²) in [5.74, 6) is 0.658. The van der Waals surface area contributed by atoms with Gasteiger partial charge in [-0.3, -0.25) is 0 Å². The lowest BCUT2D eigenvalue weighted by atomic mass is 10.1. The summed E-state index contributed by atoms with van der Waals surface area (Å²) in [5, 5.41) is 3.37. The van der Waals surface area contributed by atoms with E-state index in [9.17, 15) is 0 Å². The molecule has 0 saturated heterocycles. The predicted molar refractivity (Wildman–Crippen MR) is 78.5 cm³/mol. The maximum Gasteiger partial charge on any atom is 0.237 e. The number of benzene rings is 1. The van der Waals surface area contributed by atoms with Gasteiger partial charge in [-0.25, -0.2) is 4.98 Å². The van der Waals surface area contributed by atoms with Gasteiger partial charge in [0, 0.05) is 12.7 Å². The number of hydrogen-bond acceptors (Lipinski definition) is 3. The van der Waals surface area contributed by atoms with Crippen molar-refractivity contribution in [1.82, 2.24) is 4.98 Å². The minimum absolute atomic E-state index is 0.120. The second-order valence-corrected chi connectivity index (χ2v) is 4.87. The van der Waals surface area contributed by atoms with Crippen LogP contribution in [0.15, 0.2) is 42.6 Å². The predicted octanol–water partition coefficient (Wildman–Crippen LogP) is 3.79. The van der Waals surface area contributed by atoms with Crippen LogP contribution < -0.4 is 10.1 Å². The van der Waals surface area contributed by atoms with Gasteiger partial charge < -0.3 is 10.1 Å². The maximum atomic E-state index is 5.68. The Labute approximate surface area is 114 Å². The van der Waals surface area contributed by atoms with Gasteiger partial charge >= 0.3 is 0 Å². The Balaban J connectivity index is 2.07. The Morgan fingerprint density at radius 1 is 1.21 bits per heavy atom. The first kappa shape index (κ1) is 13.4. The summed E-state index contributed by atoms with van der Waals surface area (Å²) >= 11 is 0. The van der Waals surface area contributed by atoms with E-state index in [0.29, 0.717) is 5.88 Å². The molecule has 1 heterocycles. The molecule has 0 aliphatic carbocycles. The topological polar surface area (TPSA) is 34.2 Å². The summed E-state index contributed by atoms with van der Waals surface area (Å²) in [6.07, 6.45) is 1.87. The van der Waals surface area contributed by atoms with Crippen molar-refractivity contribution in [1.29, 1.82) is 0 Å². The number of rotatable bonds is 5. The summed E-state index contributed by atoms with van der Waals surface area (Å²) < 4.78 is 5.68. The highest BCUT2D eigenvalue weighted by atomic mass is 16.5. The SMILES string of the molecule is Cc1cccc(CNc2cccnc2OC(C)C)c1. The monoisotopic (exact) mass is 256 g/mol. The van der Waals surface area contributed by atoms with Gasteiger partial charge in [-0.05, 0) is 38.5 Å². The zero-order chi connectivity index (χ0) is 13.7. The summed E-state index contributed by atoms with van der Waals surface area (Å²) in [6.45, 7) is 6.86. The molecule has 0 radical (unpaired) electrons. The molecule has 100 valence electrons. The number of aromatic nitrogens is 1. The highest BCUT2D eigenvalue weighted by molar-refractivity contribution is 5.52. The Morgan fingerprint density at radius 2 is 2.05 bits per heavy atom. The molecule has 0 unspecified atom stereocenters. The van der Waals surface area contributed by atoms with E-state index in [-0.39, 0.29) is 6.10 Å². The molecule has 0 spiro atoms. The van der Waals surface area contributed by atoms with Crippen LogP contribution in [0.5, 0.6) is 5.88 Å². The molecule has 3 nitrogen and oxygen atoms in total. The molecule has 3 heteroatoms. The average molecular weight is 256 g/mol. The van der Waals surface area contributed by atoms with Gasteiger partial charge in [0.25, 0.3) is 0 Å². The molecule has 2 aromatic rings. The van der Waals surface area contributed by atoms with Crippen molar-refractivity contribution in [3.8, 4) is 5.88 Å². The molecule has 0 aliphatic rings. The largest absolute Gasteiger partial charge is 0.473 e. The molecule has 19 heavy (non-hydrogen) atoms. The van der Waals surface area contributed by atoms with Crippen molar-refractivity contribution in [2.75, 3.05) is 5.32 Å². The fourth-order valence-electron chi connectivity index (χ4n) is 1.86. The molecular weight excluding hydrogens is 236 g/mol. The number of pyridine rings is 1. The van der Waals surface area contributed by atoms with Crippen LogP contribution in [0.2, 0.25) is 0 Å². The first-order chi connectivity index (χ1) is 9.15. The van der Waals surface area contributed by atoms with Crippen LogP contribution in [0.4, 0.5) is 5.69 Å². The number of anilines is 1. The van der Waals surface area contributed by atoms with Gasteiger partial charge in [-0.1, -0.05) is 29.8 Å². The van der Waals surface area contributed by atoms with Crippen LogP contribution in [0.1, 0.15) is 25.0 Å². The quantitative estimate of drug-likeness (QED) is 0.883. The van der Waals surface area contributed by atoms with Crippen LogP contribution in [0.3, 0.4) is 0 Å². The Bertz CT molecular complexity index is 538. The first-order valence-corrected chi connectivity index (χ1v) is 6.56. The smallest absolute Gasteiger partial charge is 0.237 e. The van der Waals surface area contributed by atoms with Crippen molar-refractivity contribution in [2.45, 2.75) is 33.4 Å². The van der Waals surface area contributed by atoms with Gasteiger partial charge in [0.05, 0.1) is 11.8 Å². The van der Waals surface area contributed by atoms with E-state index < -0.39 is 0 Å². The third kappa shape index (κ3) is 3.98. The minimum Gasteiger partial charge on any atom is -0.473 e. The molecule has 1 N–H and O–H groups in total. The number of ether oxygens (including phenoxy) is 1. The van der Waals surface area contributed by atoms with Crippen LogP contribution >= 0.6 is 0 Å². The Hall–Kier alpha value is -2.03.